The minimum absolute atomic E-state index is 0.0208. The maximum atomic E-state index is 12.7. The third-order valence-corrected chi connectivity index (χ3v) is 5.57. The molecule has 31 heavy (non-hydrogen) atoms. The summed E-state index contributed by atoms with van der Waals surface area (Å²) in [5.74, 6) is 0.937. The Bertz CT molecular complexity index is 1030. The Morgan fingerprint density at radius 1 is 1.06 bits per heavy atom. The molecule has 2 aromatic carbocycles. The SMILES string of the molecule is CCN(CC)C(=O)Cn1c(CCCNC(=O)Cc2ccc(Cl)cc2)nc2ccccc21. The second-order valence-corrected chi connectivity index (χ2v) is 7.86. The number of nitrogens with one attached hydrogen (secondary N) is 1. The number of para-hydroxylation sites is 2. The molecule has 3 rings (SSSR count). The average molecular weight is 441 g/mol. The number of imidazole rings is 1. The smallest absolute Gasteiger partial charge is 0.242 e. The van der Waals surface area contributed by atoms with Crippen molar-refractivity contribution in [2.24, 2.45) is 0 Å². The highest BCUT2D eigenvalue weighted by Gasteiger charge is 2.16. The lowest BCUT2D eigenvalue weighted by Gasteiger charge is -2.20. The fourth-order valence-corrected chi connectivity index (χ4v) is 3.75. The molecule has 3 aromatic rings. The quantitative estimate of drug-likeness (QED) is 0.487. The van der Waals surface area contributed by atoms with E-state index in [1.54, 1.807) is 12.1 Å². The third-order valence-electron chi connectivity index (χ3n) is 5.32. The van der Waals surface area contributed by atoms with Gasteiger partial charge in [-0.05, 0) is 50.1 Å². The minimum Gasteiger partial charge on any atom is -0.356 e. The van der Waals surface area contributed by atoms with Gasteiger partial charge in [0.05, 0.1) is 17.5 Å². The predicted molar refractivity (Wildman–Crippen MR) is 124 cm³/mol. The molecule has 1 heterocycles. The summed E-state index contributed by atoms with van der Waals surface area (Å²) in [5.41, 5.74) is 2.78. The van der Waals surface area contributed by atoms with Gasteiger partial charge in [0.2, 0.25) is 11.8 Å². The molecule has 0 aliphatic heterocycles. The van der Waals surface area contributed by atoms with Crippen LogP contribution in [0.15, 0.2) is 48.5 Å². The highest BCUT2D eigenvalue weighted by Crippen LogP contribution is 2.17. The van der Waals surface area contributed by atoms with Crippen molar-refractivity contribution in [3.63, 3.8) is 0 Å². The summed E-state index contributed by atoms with van der Waals surface area (Å²) >= 11 is 5.88. The van der Waals surface area contributed by atoms with Gasteiger partial charge in [0, 0.05) is 31.1 Å². The molecule has 6 nitrogen and oxygen atoms in total. The second-order valence-electron chi connectivity index (χ2n) is 7.43. The predicted octanol–water partition coefficient (Wildman–Crippen LogP) is 3.85. The summed E-state index contributed by atoms with van der Waals surface area (Å²) in [6.45, 7) is 6.19. The van der Waals surface area contributed by atoms with E-state index in [2.05, 4.69) is 5.32 Å². The molecule has 0 unspecified atom stereocenters. The second kappa shape index (κ2) is 11.0. The van der Waals surface area contributed by atoms with Crippen molar-refractivity contribution < 1.29 is 9.59 Å². The van der Waals surface area contributed by atoms with Crippen molar-refractivity contribution in [1.29, 1.82) is 0 Å². The minimum atomic E-state index is -0.0208. The van der Waals surface area contributed by atoms with Crippen molar-refractivity contribution in [3.8, 4) is 0 Å². The number of aryl methyl sites for hydroxylation is 1. The number of amides is 2. The van der Waals surface area contributed by atoms with Gasteiger partial charge in [-0.2, -0.15) is 0 Å². The van der Waals surface area contributed by atoms with Gasteiger partial charge >= 0.3 is 0 Å². The number of rotatable bonds is 10. The molecule has 0 saturated carbocycles. The molecular weight excluding hydrogens is 412 g/mol. The monoisotopic (exact) mass is 440 g/mol. The number of halogens is 1. The van der Waals surface area contributed by atoms with E-state index in [9.17, 15) is 9.59 Å². The van der Waals surface area contributed by atoms with E-state index in [-0.39, 0.29) is 18.4 Å². The third kappa shape index (κ3) is 6.07. The van der Waals surface area contributed by atoms with E-state index in [1.165, 1.54) is 0 Å². The van der Waals surface area contributed by atoms with Gasteiger partial charge in [-0.1, -0.05) is 35.9 Å². The van der Waals surface area contributed by atoms with Crippen LogP contribution in [0.5, 0.6) is 0 Å². The molecule has 0 spiro atoms. The number of benzene rings is 2. The Morgan fingerprint density at radius 2 is 1.77 bits per heavy atom. The van der Waals surface area contributed by atoms with Gasteiger partial charge in [-0.15, -0.1) is 0 Å². The van der Waals surface area contributed by atoms with Crippen LogP contribution in [0.3, 0.4) is 0 Å². The van der Waals surface area contributed by atoms with E-state index >= 15 is 0 Å². The molecule has 0 bridgehead atoms. The number of carbonyl (C=O) groups excluding carboxylic acids is 2. The number of aromatic nitrogens is 2. The summed E-state index contributed by atoms with van der Waals surface area (Å²) in [6.07, 6.45) is 1.75. The number of carbonyl (C=O) groups is 2. The normalized spacial score (nSPS) is 10.9. The lowest BCUT2D eigenvalue weighted by atomic mass is 10.1. The van der Waals surface area contributed by atoms with Crippen LogP contribution >= 0.6 is 11.6 Å². The maximum Gasteiger partial charge on any atom is 0.242 e. The molecule has 0 radical (unpaired) electrons. The summed E-state index contributed by atoms with van der Waals surface area (Å²) in [4.78, 5) is 31.4. The zero-order valence-electron chi connectivity index (χ0n) is 18.1. The molecule has 0 saturated heterocycles. The van der Waals surface area contributed by atoms with Gasteiger partial charge in [0.15, 0.2) is 0 Å². The molecule has 0 fully saturated rings. The van der Waals surface area contributed by atoms with E-state index in [0.29, 0.717) is 37.5 Å². The zero-order chi connectivity index (χ0) is 22.2. The molecule has 1 aromatic heterocycles. The standard InChI is InChI=1S/C24H29ClN4O2/c1-3-28(4-2)24(31)17-29-21-9-6-5-8-20(21)27-22(29)10-7-15-26-23(30)16-18-11-13-19(25)14-12-18/h5-6,8-9,11-14H,3-4,7,10,15-17H2,1-2H3,(H,26,30). The van der Waals surface area contributed by atoms with Crippen LogP contribution in [-0.2, 0) is 29.0 Å². The molecule has 0 aliphatic carbocycles. The topological polar surface area (TPSA) is 67.2 Å². The number of likely N-dealkylation sites (N-methyl/N-ethyl adjacent to an activating group) is 1. The zero-order valence-corrected chi connectivity index (χ0v) is 18.9. The summed E-state index contributed by atoms with van der Waals surface area (Å²) in [5, 5.41) is 3.62. The number of nitrogens with zero attached hydrogens (tertiary/aromatic N) is 3. The van der Waals surface area contributed by atoms with Gasteiger partial charge in [-0.3, -0.25) is 9.59 Å². The van der Waals surface area contributed by atoms with Gasteiger partial charge in [0.1, 0.15) is 12.4 Å². The first-order chi connectivity index (χ1) is 15.0. The van der Waals surface area contributed by atoms with E-state index < -0.39 is 0 Å². The number of hydrogen-bond donors (Lipinski definition) is 1. The molecule has 0 aliphatic rings. The first-order valence-electron chi connectivity index (χ1n) is 10.7. The molecule has 1 N–H and O–H groups in total. The van der Waals surface area contributed by atoms with E-state index in [4.69, 9.17) is 16.6 Å². The first-order valence-corrected chi connectivity index (χ1v) is 11.1. The first kappa shape index (κ1) is 22.8. The highest BCUT2D eigenvalue weighted by molar-refractivity contribution is 6.30. The van der Waals surface area contributed by atoms with Gasteiger partial charge < -0.3 is 14.8 Å². The fourth-order valence-electron chi connectivity index (χ4n) is 3.63. The molecular formula is C24H29ClN4O2. The van der Waals surface area contributed by atoms with E-state index in [1.807, 2.05) is 59.7 Å². The Labute approximate surface area is 188 Å². The molecule has 2 amide bonds. The lowest BCUT2D eigenvalue weighted by molar-refractivity contribution is -0.131. The average Bonchev–Trinajstić information content (AvgIpc) is 3.11. The Hall–Kier alpha value is -2.86. The summed E-state index contributed by atoms with van der Waals surface area (Å²) < 4.78 is 2.01. The van der Waals surface area contributed by atoms with Crippen molar-refractivity contribution in [1.82, 2.24) is 19.8 Å². The van der Waals surface area contributed by atoms with Crippen LogP contribution in [0.25, 0.3) is 11.0 Å². The van der Waals surface area contributed by atoms with Crippen molar-refractivity contribution in [2.45, 2.75) is 39.7 Å². The summed E-state index contributed by atoms with van der Waals surface area (Å²) in [7, 11) is 0. The van der Waals surface area contributed by atoms with Crippen LogP contribution < -0.4 is 5.32 Å². The largest absolute Gasteiger partial charge is 0.356 e. The highest BCUT2D eigenvalue weighted by atomic mass is 35.5. The molecule has 0 atom stereocenters. The fraction of sp³-hybridized carbons (Fsp3) is 0.375. The van der Waals surface area contributed by atoms with Crippen molar-refractivity contribution in [3.05, 3.63) is 64.9 Å². The van der Waals surface area contributed by atoms with Crippen LogP contribution in [0, 0.1) is 0 Å². The van der Waals surface area contributed by atoms with Gasteiger partial charge in [0.25, 0.3) is 0 Å². The van der Waals surface area contributed by atoms with Crippen molar-refractivity contribution in [2.75, 3.05) is 19.6 Å². The Kier molecular flexibility index (Phi) is 8.06. The van der Waals surface area contributed by atoms with Crippen LogP contribution in [0.1, 0.15) is 31.7 Å². The van der Waals surface area contributed by atoms with Crippen LogP contribution in [0.2, 0.25) is 5.02 Å². The maximum absolute atomic E-state index is 12.7. The Morgan fingerprint density at radius 3 is 2.48 bits per heavy atom. The molecule has 164 valence electrons. The Balaban J connectivity index is 1.60. The van der Waals surface area contributed by atoms with Crippen LogP contribution in [-0.4, -0.2) is 45.9 Å². The molecule has 7 heteroatoms. The lowest BCUT2D eigenvalue weighted by Crippen LogP contribution is -2.33. The number of fused-ring (bicyclic) bond motifs is 1. The van der Waals surface area contributed by atoms with Crippen LogP contribution in [0.4, 0.5) is 0 Å². The summed E-state index contributed by atoms with van der Waals surface area (Å²) in [6, 6.07) is 15.2. The van der Waals surface area contributed by atoms with E-state index in [0.717, 1.165) is 28.8 Å². The number of hydrogen-bond acceptors (Lipinski definition) is 3. The van der Waals surface area contributed by atoms with Gasteiger partial charge in [-0.25, -0.2) is 4.98 Å². The van der Waals surface area contributed by atoms with Crippen molar-refractivity contribution >= 4 is 34.4 Å².